The second-order valence-corrected chi connectivity index (χ2v) is 6.26. The molecule has 0 fully saturated rings. The molecule has 0 aliphatic carbocycles. The van der Waals surface area contributed by atoms with Crippen molar-refractivity contribution in [3.8, 4) is 10.6 Å². The molecule has 0 unspecified atom stereocenters. The number of furan rings is 1. The highest BCUT2D eigenvalue weighted by Crippen LogP contribution is 2.29. The number of aryl methyl sites for hydroxylation is 1. The molecule has 0 radical (unpaired) electrons. The van der Waals surface area contributed by atoms with Crippen LogP contribution in [0, 0.1) is 12.8 Å². The minimum Gasteiger partial charge on any atom is -0.461 e. The molecule has 3 N–H and O–H groups in total. The van der Waals surface area contributed by atoms with Gasteiger partial charge in [-0.2, -0.15) is 0 Å². The molecule has 2 heterocycles. The van der Waals surface area contributed by atoms with Gasteiger partial charge in [0.15, 0.2) is 0 Å². The third-order valence-electron chi connectivity index (χ3n) is 3.07. The van der Waals surface area contributed by atoms with E-state index in [0.717, 1.165) is 16.4 Å². The Labute approximate surface area is 127 Å². The summed E-state index contributed by atoms with van der Waals surface area (Å²) in [5, 5.41) is 2.67. The average Bonchev–Trinajstić information content (AvgIpc) is 3.03. The van der Waals surface area contributed by atoms with Crippen molar-refractivity contribution in [2.75, 3.05) is 0 Å². The second kappa shape index (κ2) is 6.13. The maximum Gasteiger partial charge on any atom is 0.262 e. The van der Waals surface area contributed by atoms with Crippen molar-refractivity contribution >= 4 is 23.2 Å². The number of carbonyl (C=O) groups is 2. The minimum atomic E-state index is -0.672. The molecule has 2 rings (SSSR count). The molecule has 6 heteroatoms. The molecule has 0 bridgehead atoms. The van der Waals surface area contributed by atoms with Gasteiger partial charge in [0.25, 0.3) is 5.91 Å². The van der Waals surface area contributed by atoms with Crippen LogP contribution in [0.1, 0.15) is 29.3 Å². The standard InChI is InChI=1S/C15H18N2O3S/c1-8(2)13(14(16)18)17-15(19)12-7-6-11(21-12)10-5-4-9(3)20-10/h4-8,13H,1-3H3,(H2,16,18)(H,17,19)/t13-/m0/s1. The average molecular weight is 306 g/mol. The number of amides is 2. The maximum absolute atomic E-state index is 12.2. The summed E-state index contributed by atoms with van der Waals surface area (Å²) in [6, 6.07) is 6.60. The van der Waals surface area contributed by atoms with Gasteiger partial charge >= 0.3 is 0 Å². The largest absolute Gasteiger partial charge is 0.461 e. The van der Waals surface area contributed by atoms with Gasteiger partial charge in [-0.1, -0.05) is 13.8 Å². The predicted octanol–water partition coefficient (Wildman–Crippen LogP) is 2.56. The van der Waals surface area contributed by atoms with Crippen LogP contribution in [0.4, 0.5) is 0 Å². The van der Waals surface area contributed by atoms with Gasteiger partial charge in [-0.3, -0.25) is 9.59 Å². The van der Waals surface area contributed by atoms with Crippen molar-refractivity contribution in [2.45, 2.75) is 26.8 Å². The Balaban J connectivity index is 2.14. The molecule has 112 valence electrons. The Morgan fingerprint density at radius 3 is 2.48 bits per heavy atom. The van der Waals surface area contributed by atoms with Crippen LogP contribution in [0.15, 0.2) is 28.7 Å². The number of hydrogen-bond acceptors (Lipinski definition) is 4. The fraction of sp³-hybridized carbons (Fsp3) is 0.333. The number of nitrogens with two attached hydrogens (primary N) is 1. The number of nitrogens with one attached hydrogen (secondary N) is 1. The summed E-state index contributed by atoms with van der Waals surface area (Å²) in [6.45, 7) is 5.53. The zero-order chi connectivity index (χ0) is 15.6. The first-order valence-corrected chi connectivity index (χ1v) is 7.47. The first-order chi connectivity index (χ1) is 9.88. The third-order valence-corrected chi connectivity index (χ3v) is 4.17. The van der Waals surface area contributed by atoms with E-state index in [0.29, 0.717) is 4.88 Å². The Hall–Kier alpha value is -2.08. The SMILES string of the molecule is Cc1ccc(-c2ccc(C(=O)N[C@H](C(N)=O)C(C)C)s2)o1. The lowest BCUT2D eigenvalue weighted by molar-refractivity contribution is -0.120. The summed E-state index contributed by atoms with van der Waals surface area (Å²) in [7, 11) is 0. The molecule has 21 heavy (non-hydrogen) atoms. The maximum atomic E-state index is 12.2. The summed E-state index contributed by atoms with van der Waals surface area (Å²) in [4.78, 5) is 24.9. The van der Waals surface area contributed by atoms with Crippen molar-refractivity contribution in [3.05, 3.63) is 34.9 Å². The van der Waals surface area contributed by atoms with E-state index in [1.54, 1.807) is 6.07 Å². The zero-order valence-electron chi connectivity index (χ0n) is 12.2. The van der Waals surface area contributed by atoms with Gasteiger partial charge in [-0.15, -0.1) is 11.3 Å². The summed E-state index contributed by atoms with van der Waals surface area (Å²) < 4.78 is 5.52. The van der Waals surface area contributed by atoms with Gasteiger partial charge in [0, 0.05) is 0 Å². The first-order valence-electron chi connectivity index (χ1n) is 6.65. The van der Waals surface area contributed by atoms with E-state index >= 15 is 0 Å². The number of primary amides is 1. The number of thiophene rings is 1. The second-order valence-electron chi connectivity index (χ2n) is 5.17. The lowest BCUT2D eigenvalue weighted by atomic mass is 10.0. The quantitative estimate of drug-likeness (QED) is 0.890. The van der Waals surface area contributed by atoms with Crippen LogP contribution in [-0.2, 0) is 4.79 Å². The van der Waals surface area contributed by atoms with E-state index in [-0.39, 0.29) is 11.8 Å². The molecule has 0 aliphatic heterocycles. The van der Waals surface area contributed by atoms with Crippen LogP contribution in [-0.4, -0.2) is 17.9 Å². The highest BCUT2D eigenvalue weighted by atomic mass is 32.1. The smallest absolute Gasteiger partial charge is 0.262 e. The molecule has 0 aromatic carbocycles. The molecule has 0 saturated heterocycles. The molecular weight excluding hydrogens is 288 g/mol. The van der Waals surface area contributed by atoms with Crippen molar-refractivity contribution < 1.29 is 14.0 Å². The number of carbonyl (C=O) groups excluding carboxylic acids is 2. The van der Waals surface area contributed by atoms with Crippen molar-refractivity contribution in [3.63, 3.8) is 0 Å². The van der Waals surface area contributed by atoms with Gasteiger partial charge in [0.1, 0.15) is 17.6 Å². The number of rotatable bonds is 5. The van der Waals surface area contributed by atoms with Gasteiger partial charge in [0.05, 0.1) is 9.75 Å². The molecule has 2 aromatic heterocycles. The van der Waals surface area contributed by atoms with Gasteiger partial charge in [0.2, 0.25) is 5.91 Å². The van der Waals surface area contributed by atoms with Crippen LogP contribution < -0.4 is 11.1 Å². The Kier molecular flexibility index (Phi) is 4.47. The Morgan fingerprint density at radius 2 is 1.95 bits per heavy atom. The molecule has 1 atom stereocenters. The third kappa shape index (κ3) is 3.52. The summed E-state index contributed by atoms with van der Waals surface area (Å²) >= 11 is 1.31. The van der Waals surface area contributed by atoms with Gasteiger partial charge in [-0.05, 0) is 37.1 Å². The molecule has 0 aliphatic rings. The first kappa shape index (κ1) is 15.3. The topological polar surface area (TPSA) is 85.3 Å². The fourth-order valence-electron chi connectivity index (χ4n) is 1.94. The fourth-order valence-corrected chi connectivity index (χ4v) is 2.81. The van der Waals surface area contributed by atoms with E-state index in [9.17, 15) is 9.59 Å². The number of hydrogen-bond donors (Lipinski definition) is 2. The molecule has 2 aromatic rings. The highest BCUT2D eigenvalue weighted by molar-refractivity contribution is 7.17. The zero-order valence-corrected chi connectivity index (χ0v) is 13.0. The molecule has 0 spiro atoms. The van der Waals surface area contributed by atoms with E-state index in [1.807, 2.05) is 39.0 Å². The van der Waals surface area contributed by atoms with E-state index in [4.69, 9.17) is 10.2 Å². The van der Waals surface area contributed by atoms with Crippen LogP contribution in [0.3, 0.4) is 0 Å². The monoisotopic (exact) mass is 306 g/mol. The van der Waals surface area contributed by atoms with Crippen molar-refractivity contribution in [2.24, 2.45) is 11.7 Å². The van der Waals surface area contributed by atoms with Crippen molar-refractivity contribution in [1.29, 1.82) is 0 Å². The molecule has 0 saturated carbocycles. The highest BCUT2D eigenvalue weighted by Gasteiger charge is 2.23. The van der Waals surface area contributed by atoms with E-state index < -0.39 is 11.9 Å². The Morgan fingerprint density at radius 1 is 1.24 bits per heavy atom. The van der Waals surface area contributed by atoms with Crippen LogP contribution in [0.25, 0.3) is 10.6 Å². The summed E-state index contributed by atoms with van der Waals surface area (Å²) in [6.07, 6.45) is 0. The molecular formula is C15H18N2O3S. The van der Waals surface area contributed by atoms with Crippen LogP contribution >= 0.6 is 11.3 Å². The predicted molar refractivity (Wildman–Crippen MR) is 82.0 cm³/mol. The Bertz CT molecular complexity index is 657. The van der Waals surface area contributed by atoms with Crippen molar-refractivity contribution in [1.82, 2.24) is 5.32 Å². The molecule has 5 nitrogen and oxygen atoms in total. The lowest BCUT2D eigenvalue weighted by Gasteiger charge is -2.18. The lowest BCUT2D eigenvalue weighted by Crippen LogP contribution is -2.47. The van der Waals surface area contributed by atoms with Crippen LogP contribution in [0.2, 0.25) is 0 Å². The van der Waals surface area contributed by atoms with E-state index in [2.05, 4.69) is 5.32 Å². The van der Waals surface area contributed by atoms with Gasteiger partial charge < -0.3 is 15.5 Å². The summed E-state index contributed by atoms with van der Waals surface area (Å²) in [5.41, 5.74) is 5.30. The minimum absolute atomic E-state index is 0.0568. The van der Waals surface area contributed by atoms with Crippen LogP contribution in [0.5, 0.6) is 0 Å². The normalized spacial score (nSPS) is 12.4. The molecule has 2 amide bonds. The van der Waals surface area contributed by atoms with Gasteiger partial charge in [-0.25, -0.2) is 0 Å². The van der Waals surface area contributed by atoms with E-state index in [1.165, 1.54) is 11.3 Å². The summed E-state index contributed by atoms with van der Waals surface area (Å²) in [5.74, 6) is 0.660.